The summed E-state index contributed by atoms with van der Waals surface area (Å²) in [6.07, 6.45) is 11.6. The Bertz CT molecular complexity index is 1230. The van der Waals surface area contributed by atoms with Crippen molar-refractivity contribution in [3.63, 3.8) is 0 Å². The molecule has 2 N–H and O–H groups in total. The molecule has 0 radical (unpaired) electrons. The summed E-state index contributed by atoms with van der Waals surface area (Å²) in [7, 11) is 0. The summed E-state index contributed by atoms with van der Waals surface area (Å²) >= 11 is 0. The summed E-state index contributed by atoms with van der Waals surface area (Å²) in [6, 6.07) is 14.9. The molecular formula is C41H63N3. The molecule has 0 aliphatic heterocycles. The smallest absolute Gasteiger partial charge is 0.0443 e. The van der Waals surface area contributed by atoms with Crippen molar-refractivity contribution in [2.45, 2.75) is 102 Å². The number of aryl methyl sites for hydroxylation is 4. The summed E-state index contributed by atoms with van der Waals surface area (Å²) in [6.45, 7) is 37.3. The van der Waals surface area contributed by atoms with Crippen LogP contribution in [0.5, 0.6) is 0 Å². The fraction of sp³-hybridized carbons (Fsp3) is 0.390. The number of benzene rings is 2. The zero-order chi connectivity index (χ0) is 34.1. The Morgan fingerprint density at radius 3 is 1.82 bits per heavy atom. The number of unbranched alkanes of at least 4 members (excludes halogenated alkanes) is 1. The molecular weight excluding hydrogens is 534 g/mol. The Morgan fingerprint density at radius 1 is 0.818 bits per heavy atom. The third-order valence-corrected chi connectivity index (χ3v) is 6.45. The third-order valence-electron chi connectivity index (χ3n) is 6.45. The Morgan fingerprint density at radius 2 is 1.39 bits per heavy atom. The molecule has 0 fully saturated rings. The number of anilines is 1. The molecule has 0 unspecified atom stereocenters. The maximum Gasteiger partial charge on any atom is 0.0443 e. The Kier molecular flexibility index (Phi) is 24.6. The summed E-state index contributed by atoms with van der Waals surface area (Å²) in [5, 5.41) is 6.52. The lowest BCUT2D eigenvalue weighted by Gasteiger charge is -2.14. The molecule has 2 rings (SSSR count). The van der Waals surface area contributed by atoms with Gasteiger partial charge < -0.3 is 10.6 Å². The van der Waals surface area contributed by atoms with Crippen LogP contribution in [0.2, 0.25) is 0 Å². The van der Waals surface area contributed by atoms with Gasteiger partial charge in [0.05, 0.1) is 0 Å². The van der Waals surface area contributed by atoms with Crippen LogP contribution in [0.15, 0.2) is 120 Å². The maximum atomic E-state index is 4.29. The molecule has 0 aromatic heterocycles. The van der Waals surface area contributed by atoms with Crippen LogP contribution in [0.4, 0.5) is 5.69 Å². The fourth-order valence-electron chi connectivity index (χ4n) is 3.25. The lowest BCUT2D eigenvalue weighted by atomic mass is 10.1. The minimum Gasteiger partial charge on any atom is -0.389 e. The lowest BCUT2D eigenvalue weighted by molar-refractivity contribution is 0.712. The van der Waals surface area contributed by atoms with Crippen LogP contribution in [0.1, 0.15) is 97.4 Å². The average molecular weight is 598 g/mol. The molecule has 3 heteroatoms. The van der Waals surface area contributed by atoms with Crippen molar-refractivity contribution >= 4 is 11.4 Å². The first-order valence-corrected chi connectivity index (χ1v) is 15.8. The van der Waals surface area contributed by atoms with Gasteiger partial charge in [0.25, 0.3) is 0 Å². The molecule has 0 amide bonds. The van der Waals surface area contributed by atoms with Crippen LogP contribution in [0.3, 0.4) is 0 Å². The first kappa shape index (κ1) is 42.3. The molecule has 2 aromatic rings. The Hall–Kier alpha value is -3.85. The zero-order valence-electron chi connectivity index (χ0n) is 30.2. The highest BCUT2D eigenvalue weighted by molar-refractivity contribution is 5.79. The second kappa shape index (κ2) is 25.6. The van der Waals surface area contributed by atoms with Crippen molar-refractivity contribution in [3.8, 4) is 0 Å². The van der Waals surface area contributed by atoms with E-state index in [1.54, 1.807) is 0 Å². The number of rotatable bonds is 11. The normalized spacial score (nSPS) is 10.6. The average Bonchev–Trinajstić information content (AvgIpc) is 2.97. The summed E-state index contributed by atoms with van der Waals surface area (Å²) in [5.74, 6) is 0. The van der Waals surface area contributed by atoms with Crippen molar-refractivity contribution in [3.05, 3.63) is 137 Å². The van der Waals surface area contributed by atoms with Gasteiger partial charge in [0.1, 0.15) is 0 Å². The van der Waals surface area contributed by atoms with Gasteiger partial charge >= 0.3 is 0 Å². The monoisotopic (exact) mass is 598 g/mol. The highest BCUT2D eigenvalue weighted by Gasteiger charge is 2.04. The van der Waals surface area contributed by atoms with E-state index in [2.05, 4.69) is 125 Å². The standard InChI is InChI=1S/C16H22N2.C9H12.C9H14.C7H15N/c1-11(2)17-10-14(5)15(6)18-16-12(3)8-7-9-13(16)4;1-3-9-6-4-8(2)5-7-9;1-5-6-7-9(4)8(2)3;1-4-5-6-8-7(2)3/h7-10,18H,6H2,1-5H3;4-7H,3H2,1-2H3;5-7H,2H2,1,3-4H3;8H,2,4-6H2,1,3H3/b14-10+;;6-5-,9-7-;. The molecule has 0 aliphatic carbocycles. The van der Waals surface area contributed by atoms with Crippen molar-refractivity contribution in [2.75, 3.05) is 11.9 Å². The minimum absolute atomic E-state index is 0.886. The van der Waals surface area contributed by atoms with E-state index in [4.69, 9.17) is 0 Å². The molecule has 0 aliphatic rings. The molecule has 242 valence electrons. The highest BCUT2D eigenvalue weighted by Crippen LogP contribution is 2.22. The molecule has 0 saturated carbocycles. The lowest BCUT2D eigenvalue weighted by Crippen LogP contribution is -2.10. The Balaban J connectivity index is 0. The largest absolute Gasteiger partial charge is 0.389 e. The molecule has 0 heterocycles. The van der Waals surface area contributed by atoms with Gasteiger partial charge in [-0.15, -0.1) is 0 Å². The van der Waals surface area contributed by atoms with Gasteiger partial charge in [-0.1, -0.05) is 112 Å². The van der Waals surface area contributed by atoms with Crippen LogP contribution >= 0.6 is 0 Å². The zero-order valence-corrected chi connectivity index (χ0v) is 30.2. The third kappa shape index (κ3) is 22.7. The van der Waals surface area contributed by atoms with Crippen molar-refractivity contribution in [2.24, 2.45) is 4.99 Å². The molecule has 3 nitrogen and oxygen atoms in total. The van der Waals surface area contributed by atoms with Crippen LogP contribution < -0.4 is 10.6 Å². The van der Waals surface area contributed by atoms with Gasteiger partial charge in [-0.3, -0.25) is 4.99 Å². The van der Waals surface area contributed by atoms with E-state index in [1.807, 2.05) is 59.9 Å². The second-order valence-electron chi connectivity index (χ2n) is 11.3. The van der Waals surface area contributed by atoms with E-state index in [0.717, 1.165) is 46.9 Å². The van der Waals surface area contributed by atoms with E-state index < -0.39 is 0 Å². The highest BCUT2D eigenvalue weighted by atomic mass is 14.9. The van der Waals surface area contributed by atoms with Gasteiger partial charge in [0, 0.05) is 35.5 Å². The predicted molar refractivity (Wildman–Crippen MR) is 203 cm³/mol. The van der Waals surface area contributed by atoms with Gasteiger partial charge in [-0.05, 0) is 110 Å². The maximum absolute atomic E-state index is 4.29. The number of hydrogen-bond acceptors (Lipinski definition) is 3. The number of nitrogens with one attached hydrogen (secondary N) is 2. The van der Waals surface area contributed by atoms with E-state index in [1.165, 1.54) is 40.7 Å². The number of hydrogen-bond donors (Lipinski definition) is 2. The fourth-order valence-corrected chi connectivity index (χ4v) is 3.25. The first-order valence-electron chi connectivity index (χ1n) is 15.8. The summed E-state index contributed by atoms with van der Waals surface area (Å²) < 4.78 is 0. The summed E-state index contributed by atoms with van der Waals surface area (Å²) in [4.78, 5) is 4.29. The number of nitrogens with zero attached hydrogens (tertiary/aromatic N) is 1. The minimum atomic E-state index is 0.886. The van der Waals surface area contributed by atoms with Crippen molar-refractivity contribution < 1.29 is 0 Å². The quantitative estimate of drug-likeness (QED) is 0.154. The number of aliphatic imine (C=N–C) groups is 1. The molecule has 2 aromatic carbocycles. The van der Waals surface area contributed by atoms with Crippen LogP contribution in [0, 0.1) is 20.8 Å². The molecule has 44 heavy (non-hydrogen) atoms. The van der Waals surface area contributed by atoms with Gasteiger partial charge in [0.2, 0.25) is 0 Å². The van der Waals surface area contributed by atoms with Gasteiger partial charge in [-0.25, -0.2) is 0 Å². The van der Waals surface area contributed by atoms with Gasteiger partial charge in [-0.2, -0.15) is 0 Å². The van der Waals surface area contributed by atoms with Crippen LogP contribution in [-0.2, 0) is 6.42 Å². The molecule has 0 bridgehead atoms. The van der Waals surface area contributed by atoms with E-state index >= 15 is 0 Å². The predicted octanol–water partition coefficient (Wildman–Crippen LogP) is 12.2. The number of para-hydroxylation sites is 1. The van der Waals surface area contributed by atoms with Crippen LogP contribution in [-0.4, -0.2) is 12.3 Å². The van der Waals surface area contributed by atoms with Crippen molar-refractivity contribution in [1.82, 2.24) is 5.32 Å². The van der Waals surface area contributed by atoms with E-state index in [0.29, 0.717) is 0 Å². The first-order chi connectivity index (χ1) is 20.7. The van der Waals surface area contributed by atoms with Crippen molar-refractivity contribution in [1.29, 1.82) is 0 Å². The SMILES string of the molecule is C=C(C)/C(C)=C\C=C/C.C=C(C)NCCCC.C=C(Nc1c(C)cccc1C)/C(C)=C/N=C(C)C.CCc1ccc(C)cc1. The van der Waals surface area contributed by atoms with E-state index in [-0.39, 0.29) is 0 Å². The van der Waals surface area contributed by atoms with E-state index in [9.17, 15) is 0 Å². The van der Waals surface area contributed by atoms with Gasteiger partial charge in [0.15, 0.2) is 0 Å². The summed E-state index contributed by atoms with van der Waals surface area (Å²) in [5.41, 5.74) is 12.7. The molecule has 0 atom stereocenters. The topological polar surface area (TPSA) is 36.4 Å². The second-order valence-corrected chi connectivity index (χ2v) is 11.3. The Labute approximate surface area is 272 Å². The molecule has 0 spiro atoms. The molecule has 0 saturated heterocycles. The number of allylic oxidation sites excluding steroid dienone is 7. The van der Waals surface area contributed by atoms with Crippen LogP contribution in [0.25, 0.3) is 0 Å².